The molecule has 1 unspecified atom stereocenters. The van der Waals surface area contributed by atoms with Crippen molar-refractivity contribution in [1.29, 1.82) is 0 Å². The number of hydrogen-bond acceptors (Lipinski definition) is 4. The molecule has 3 aromatic rings. The van der Waals surface area contributed by atoms with E-state index in [1.807, 2.05) is 35.1 Å². The fourth-order valence-corrected chi connectivity index (χ4v) is 5.00. The zero-order valence-corrected chi connectivity index (χ0v) is 17.7. The third-order valence-corrected chi connectivity index (χ3v) is 6.45. The Morgan fingerprint density at radius 1 is 1.23 bits per heavy atom. The summed E-state index contributed by atoms with van der Waals surface area (Å²) in [5, 5.41) is 13.9. The second kappa shape index (κ2) is 7.21. The maximum atomic E-state index is 13.9. The standard InChI is InChI=1S/C23H21ClN4O3/c1-2-7-27-13-18(12-25-27)28-20-9-17(24)5-6-19(20)23(22(28)30)10-15-4-3-14(21(29)26-31)8-16(15)11-23/h3-6,8-9,12-13,31H,2,7,10-11H2,1H3,(H,26,29). The topological polar surface area (TPSA) is 87.5 Å². The lowest BCUT2D eigenvalue weighted by molar-refractivity contribution is -0.122. The van der Waals surface area contributed by atoms with Crippen LogP contribution in [0.25, 0.3) is 0 Å². The van der Waals surface area contributed by atoms with Gasteiger partial charge in [0.05, 0.1) is 23.0 Å². The van der Waals surface area contributed by atoms with E-state index in [4.69, 9.17) is 16.8 Å². The molecule has 0 saturated carbocycles. The second-order valence-electron chi connectivity index (χ2n) is 8.12. The highest BCUT2D eigenvalue weighted by Gasteiger charge is 2.54. The number of nitrogens with zero attached hydrogens (tertiary/aromatic N) is 3. The van der Waals surface area contributed by atoms with Gasteiger partial charge in [0.2, 0.25) is 5.91 Å². The first-order chi connectivity index (χ1) is 15.0. The van der Waals surface area contributed by atoms with Gasteiger partial charge in [-0.3, -0.25) is 24.4 Å². The normalized spacial score (nSPS) is 19.1. The van der Waals surface area contributed by atoms with Gasteiger partial charge in [-0.05, 0) is 60.2 Å². The molecule has 1 aromatic heterocycles. The van der Waals surface area contributed by atoms with Gasteiger partial charge < -0.3 is 0 Å². The molecule has 0 bridgehead atoms. The highest BCUT2D eigenvalue weighted by atomic mass is 35.5. The molecule has 5 rings (SSSR count). The third kappa shape index (κ3) is 2.96. The number of aromatic nitrogens is 2. The Balaban J connectivity index is 1.60. The van der Waals surface area contributed by atoms with Crippen molar-refractivity contribution in [2.24, 2.45) is 0 Å². The lowest BCUT2D eigenvalue weighted by Gasteiger charge is -2.23. The van der Waals surface area contributed by atoms with Crippen LogP contribution in [0.3, 0.4) is 0 Å². The average molecular weight is 437 g/mol. The van der Waals surface area contributed by atoms with Crippen LogP contribution >= 0.6 is 11.6 Å². The largest absolute Gasteiger partial charge is 0.288 e. The van der Waals surface area contributed by atoms with Gasteiger partial charge in [-0.25, -0.2) is 5.48 Å². The molecule has 2 aromatic carbocycles. The van der Waals surface area contributed by atoms with Crippen LogP contribution in [0.15, 0.2) is 48.8 Å². The second-order valence-corrected chi connectivity index (χ2v) is 8.56. The van der Waals surface area contributed by atoms with Crippen LogP contribution in [0.2, 0.25) is 5.02 Å². The van der Waals surface area contributed by atoms with Crippen LogP contribution < -0.4 is 10.4 Å². The molecule has 7 nitrogen and oxygen atoms in total. The predicted molar refractivity (Wildman–Crippen MR) is 116 cm³/mol. The van der Waals surface area contributed by atoms with E-state index in [-0.39, 0.29) is 5.91 Å². The van der Waals surface area contributed by atoms with E-state index < -0.39 is 11.3 Å². The van der Waals surface area contributed by atoms with E-state index in [9.17, 15) is 9.59 Å². The molecule has 8 heteroatoms. The third-order valence-electron chi connectivity index (χ3n) is 6.21. The first-order valence-corrected chi connectivity index (χ1v) is 10.6. The molecule has 1 aliphatic carbocycles. The van der Waals surface area contributed by atoms with Crippen molar-refractivity contribution in [2.75, 3.05) is 4.90 Å². The summed E-state index contributed by atoms with van der Waals surface area (Å²) in [6.07, 6.45) is 5.55. The number of hydroxylamine groups is 1. The summed E-state index contributed by atoms with van der Waals surface area (Å²) in [4.78, 5) is 27.5. The van der Waals surface area contributed by atoms with Crippen LogP contribution in [0.1, 0.15) is 40.4 Å². The number of fused-ring (bicyclic) bond motifs is 3. The zero-order chi connectivity index (χ0) is 21.8. The summed E-state index contributed by atoms with van der Waals surface area (Å²) in [6, 6.07) is 10.8. The molecule has 2 aliphatic rings. The van der Waals surface area contributed by atoms with Crippen LogP contribution in [-0.4, -0.2) is 26.8 Å². The smallest absolute Gasteiger partial charge is 0.274 e. The molecular formula is C23H21ClN4O3. The minimum absolute atomic E-state index is 0.0230. The summed E-state index contributed by atoms with van der Waals surface area (Å²) in [5.74, 6) is -0.594. The molecule has 1 atom stereocenters. The Hall–Kier alpha value is -3.16. The Morgan fingerprint density at radius 2 is 2.03 bits per heavy atom. The molecule has 2 N–H and O–H groups in total. The summed E-state index contributed by atoms with van der Waals surface area (Å²) < 4.78 is 1.83. The van der Waals surface area contributed by atoms with Crippen LogP contribution in [0.5, 0.6) is 0 Å². The van der Waals surface area contributed by atoms with Gasteiger partial charge in [-0.2, -0.15) is 5.10 Å². The van der Waals surface area contributed by atoms with Crippen molar-refractivity contribution in [2.45, 2.75) is 38.1 Å². The fraction of sp³-hybridized carbons (Fsp3) is 0.261. The number of rotatable bonds is 4. The Kier molecular flexibility index (Phi) is 4.60. The van der Waals surface area contributed by atoms with E-state index in [0.717, 1.165) is 41.0 Å². The molecule has 1 spiro atoms. The zero-order valence-electron chi connectivity index (χ0n) is 16.9. The van der Waals surface area contributed by atoms with Gasteiger partial charge in [0.1, 0.15) is 0 Å². The van der Waals surface area contributed by atoms with E-state index in [2.05, 4.69) is 12.0 Å². The fourth-order valence-electron chi connectivity index (χ4n) is 4.83. The molecular weight excluding hydrogens is 416 g/mol. The van der Waals surface area contributed by atoms with Crippen molar-refractivity contribution >= 4 is 34.8 Å². The molecule has 31 heavy (non-hydrogen) atoms. The minimum atomic E-state index is -0.760. The number of benzene rings is 2. The minimum Gasteiger partial charge on any atom is -0.288 e. The number of anilines is 2. The molecule has 0 fully saturated rings. The Labute approximate surface area is 184 Å². The number of amides is 2. The maximum Gasteiger partial charge on any atom is 0.274 e. The monoisotopic (exact) mass is 436 g/mol. The van der Waals surface area contributed by atoms with Gasteiger partial charge in [0.15, 0.2) is 0 Å². The number of halogens is 1. The predicted octanol–water partition coefficient (Wildman–Crippen LogP) is 3.78. The summed E-state index contributed by atoms with van der Waals surface area (Å²) in [7, 11) is 0. The van der Waals surface area contributed by atoms with Crippen molar-refractivity contribution < 1.29 is 14.8 Å². The van der Waals surface area contributed by atoms with Gasteiger partial charge in [0.25, 0.3) is 5.91 Å². The van der Waals surface area contributed by atoms with Crippen LogP contribution in [0.4, 0.5) is 11.4 Å². The first-order valence-electron chi connectivity index (χ1n) is 10.2. The average Bonchev–Trinajstić information content (AvgIpc) is 3.43. The van der Waals surface area contributed by atoms with Crippen molar-refractivity contribution in [3.05, 3.63) is 76.1 Å². The Morgan fingerprint density at radius 3 is 2.81 bits per heavy atom. The molecule has 0 saturated heterocycles. The summed E-state index contributed by atoms with van der Waals surface area (Å²) in [5.41, 5.74) is 5.63. The number of nitrogens with one attached hydrogen (secondary N) is 1. The van der Waals surface area contributed by atoms with E-state index in [1.165, 1.54) is 0 Å². The first kappa shape index (κ1) is 19.8. The lowest BCUT2D eigenvalue weighted by Crippen LogP contribution is -2.39. The molecule has 2 heterocycles. The molecule has 1 aliphatic heterocycles. The van der Waals surface area contributed by atoms with E-state index in [1.54, 1.807) is 28.7 Å². The van der Waals surface area contributed by atoms with Crippen molar-refractivity contribution in [1.82, 2.24) is 15.3 Å². The van der Waals surface area contributed by atoms with Crippen molar-refractivity contribution in [3.63, 3.8) is 0 Å². The van der Waals surface area contributed by atoms with Gasteiger partial charge in [0, 0.05) is 23.3 Å². The van der Waals surface area contributed by atoms with Gasteiger partial charge >= 0.3 is 0 Å². The van der Waals surface area contributed by atoms with Gasteiger partial charge in [-0.15, -0.1) is 0 Å². The SMILES string of the molecule is CCCn1cc(N2C(=O)C3(Cc4ccc(C(=O)NO)cc4C3)c3ccc(Cl)cc32)cn1. The molecule has 2 amide bonds. The number of carbonyl (C=O) groups is 2. The number of aryl methyl sites for hydroxylation is 1. The van der Waals surface area contributed by atoms with E-state index in [0.29, 0.717) is 23.4 Å². The lowest BCUT2D eigenvalue weighted by atomic mass is 9.79. The van der Waals surface area contributed by atoms with Crippen molar-refractivity contribution in [3.8, 4) is 0 Å². The van der Waals surface area contributed by atoms with Crippen LogP contribution in [-0.2, 0) is 29.6 Å². The maximum absolute atomic E-state index is 13.9. The summed E-state index contributed by atoms with van der Waals surface area (Å²) in [6.45, 7) is 2.85. The number of carbonyl (C=O) groups excluding carboxylic acids is 2. The number of hydrogen-bond donors (Lipinski definition) is 2. The van der Waals surface area contributed by atoms with Crippen LogP contribution in [0, 0.1) is 0 Å². The molecule has 0 radical (unpaired) electrons. The highest BCUT2D eigenvalue weighted by Crippen LogP contribution is 2.52. The quantitative estimate of drug-likeness (QED) is 0.481. The Bertz CT molecular complexity index is 1220. The molecule has 158 valence electrons. The highest BCUT2D eigenvalue weighted by molar-refractivity contribution is 6.31. The van der Waals surface area contributed by atoms with Gasteiger partial charge in [-0.1, -0.05) is 30.7 Å². The summed E-state index contributed by atoms with van der Waals surface area (Å²) >= 11 is 6.31. The van der Waals surface area contributed by atoms with E-state index >= 15 is 0 Å².